The maximum atomic E-state index is 13.5. The van der Waals surface area contributed by atoms with Crippen molar-refractivity contribution in [1.29, 1.82) is 0 Å². The molecule has 0 radical (unpaired) electrons. The second kappa shape index (κ2) is 12.7. The second-order valence-corrected chi connectivity index (χ2v) is 17.0. The Morgan fingerprint density at radius 2 is 1.72 bits per heavy atom. The van der Waals surface area contributed by atoms with Gasteiger partial charge in [-0.1, -0.05) is 30.7 Å². The lowest BCUT2D eigenvalue weighted by Gasteiger charge is -2.34. The molecule has 2 aromatic carbocycles. The molecule has 1 aromatic heterocycles. The first-order valence-corrected chi connectivity index (χ1v) is 19.5. The van der Waals surface area contributed by atoms with Gasteiger partial charge in [-0.25, -0.2) is 25.7 Å². The van der Waals surface area contributed by atoms with Crippen LogP contribution in [0.15, 0.2) is 48.5 Å². The van der Waals surface area contributed by atoms with Crippen LogP contribution in [-0.4, -0.2) is 81.8 Å². The summed E-state index contributed by atoms with van der Waals surface area (Å²) in [6, 6.07) is 15.2. The fourth-order valence-electron chi connectivity index (χ4n) is 7.20. The van der Waals surface area contributed by atoms with Crippen LogP contribution in [0.4, 0.5) is 0 Å². The summed E-state index contributed by atoms with van der Waals surface area (Å²) in [5.74, 6) is -0.352. The van der Waals surface area contributed by atoms with Crippen molar-refractivity contribution < 1.29 is 26.0 Å². The molecule has 0 bridgehead atoms. The van der Waals surface area contributed by atoms with E-state index in [-0.39, 0.29) is 22.3 Å². The maximum absolute atomic E-state index is 13.5. The number of sulfonamides is 1. The Bertz CT molecular complexity index is 1770. The Morgan fingerprint density at radius 1 is 0.953 bits per heavy atom. The molecule has 1 saturated carbocycles. The largest absolute Gasteiger partial charge is 0.748 e. The molecule has 2 aliphatic heterocycles. The van der Waals surface area contributed by atoms with Crippen LogP contribution in [-0.2, 0) is 26.7 Å². The third-order valence-corrected chi connectivity index (χ3v) is 13.9. The maximum Gasteiger partial charge on any atom is 0.235 e. The monoisotopic (exact) mass is 643 g/mol. The molecule has 43 heavy (non-hydrogen) atoms. The molecular formula is C32H41N3O5S3. The predicted molar refractivity (Wildman–Crippen MR) is 175 cm³/mol. The van der Waals surface area contributed by atoms with E-state index in [1.807, 2.05) is 0 Å². The molecule has 0 N–H and O–H groups in total. The van der Waals surface area contributed by atoms with Crippen LogP contribution in [0.2, 0.25) is 0 Å². The zero-order chi connectivity index (χ0) is 30.2. The number of unbranched alkanes of at least 4 members (excludes halogenated alkanes) is 1. The summed E-state index contributed by atoms with van der Waals surface area (Å²) in [5, 5.41) is 3.35. The lowest BCUT2D eigenvalue weighted by Crippen LogP contribution is -2.47. The van der Waals surface area contributed by atoms with Crippen LogP contribution in [0, 0.1) is 0 Å². The minimum atomic E-state index is -4.24. The van der Waals surface area contributed by atoms with Gasteiger partial charge in [-0.2, -0.15) is 0 Å². The average Bonchev–Trinajstić information content (AvgIpc) is 3.52. The first-order chi connectivity index (χ1) is 20.7. The van der Waals surface area contributed by atoms with Crippen LogP contribution in [0.1, 0.15) is 63.9 Å². The minimum Gasteiger partial charge on any atom is -0.748 e. The highest BCUT2D eigenvalue weighted by atomic mass is 32.2. The fraction of sp³-hybridized carbons (Fsp3) is 0.531. The number of hydrogen-bond acceptors (Lipinski definition) is 6. The number of benzene rings is 2. The van der Waals surface area contributed by atoms with E-state index in [1.165, 1.54) is 21.8 Å². The third kappa shape index (κ3) is 6.47. The molecule has 3 aliphatic rings. The Labute approximate surface area is 259 Å². The van der Waals surface area contributed by atoms with Crippen LogP contribution in [0.3, 0.4) is 0 Å². The van der Waals surface area contributed by atoms with Crippen LogP contribution in [0.5, 0.6) is 0 Å². The number of aromatic nitrogens is 1. The highest BCUT2D eigenvalue weighted by Gasteiger charge is 2.49. The number of thioether (sulfide) groups is 1. The van der Waals surface area contributed by atoms with E-state index in [9.17, 15) is 21.4 Å². The highest BCUT2D eigenvalue weighted by molar-refractivity contribution is 8.14. The van der Waals surface area contributed by atoms with E-state index < -0.39 is 20.1 Å². The van der Waals surface area contributed by atoms with Gasteiger partial charge in [-0.15, -0.1) is 0 Å². The summed E-state index contributed by atoms with van der Waals surface area (Å²) in [6.07, 6.45) is 10.2. The molecule has 0 amide bonds. The van der Waals surface area contributed by atoms with Crippen molar-refractivity contribution in [1.82, 2.24) is 8.87 Å². The molecule has 11 heteroatoms. The van der Waals surface area contributed by atoms with Gasteiger partial charge in [-0.3, -0.25) is 0 Å². The molecule has 1 aliphatic carbocycles. The van der Waals surface area contributed by atoms with Gasteiger partial charge in [0.05, 0.1) is 20.6 Å². The molecule has 3 heterocycles. The summed E-state index contributed by atoms with van der Waals surface area (Å²) in [5.41, 5.74) is 3.54. The van der Waals surface area contributed by atoms with Crippen molar-refractivity contribution >= 4 is 64.8 Å². The lowest BCUT2D eigenvalue weighted by molar-refractivity contribution is -0.562. The van der Waals surface area contributed by atoms with Crippen LogP contribution in [0.25, 0.3) is 27.9 Å². The van der Waals surface area contributed by atoms with Gasteiger partial charge >= 0.3 is 0 Å². The Balaban J connectivity index is 1.25. The molecule has 1 saturated heterocycles. The van der Waals surface area contributed by atoms with Gasteiger partial charge in [0.2, 0.25) is 15.1 Å². The zero-order valence-corrected chi connectivity index (χ0v) is 27.2. The standard InChI is InChI=1S/C32H41N3O5S3/c1-2-34-28-11-5-4-10-26(28)27-22-24(12-15-29(27)34)13-17-32-35(20-8-9-21-42(36,37)38)30-16-14-25(23-31(30)41-32)43(39,40)33-18-6-3-7-19-33/h4-5,10-13,15,17,22,25,30-31H,2-3,6-9,14,16,18-21,23H2,1H3. The molecule has 3 atom stereocenters. The Hall–Kier alpha value is -2.18. The first-order valence-electron chi connectivity index (χ1n) is 15.6. The van der Waals surface area contributed by atoms with Crippen LogP contribution >= 0.6 is 11.8 Å². The first kappa shape index (κ1) is 30.8. The van der Waals surface area contributed by atoms with E-state index in [1.54, 1.807) is 16.1 Å². The fourth-order valence-corrected chi connectivity index (χ4v) is 11.5. The normalized spacial score (nSPS) is 24.0. The van der Waals surface area contributed by atoms with Crippen molar-refractivity contribution in [3.8, 4) is 0 Å². The SMILES string of the molecule is CCn1c2ccccc2c2cc(C=CC3=[N+](CCCCS(=O)(=O)[O-])C4CCC(S(=O)(=O)N5CCCCC5)CC4S3)ccc21. The highest BCUT2D eigenvalue weighted by Crippen LogP contribution is 2.41. The number of para-hydroxylation sites is 1. The Kier molecular flexibility index (Phi) is 9.08. The third-order valence-electron chi connectivity index (χ3n) is 9.33. The second-order valence-electron chi connectivity index (χ2n) is 12.0. The van der Waals surface area contributed by atoms with E-state index in [0.717, 1.165) is 42.8 Å². The molecule has 8 nitrogen and oxygen atoms in total. The number of nitrogens with zero attached hydrogens (tertiary/aromatic N) is 3. The number of hydrogen-bond donors (Lipinski definition) is 0. The van der Waals surface area contributed by atoms with Crippen molar-refractivity contribution in [3.63, 3.8) is 0 Å². The van der Waals surface area contributed by atoms with Gasteiger partial charge < -0.3 is 9.12 Å². The molecular weight excluding hydrogens is 603 g/mol. The molecule has 3 unspecified atom stereocenters. The van der Waals surface area contributed by atoms with Crippen LogP contribution < -0.4 is 0 Å². The molecule has 3 aromatic rings. The van der Waals surface area contributed by atoms with E-state index >= 15 is 0 Å². The quantitative estimate of drug-likeness (QED) is 0.166. The van der Waals surface area contributed by atoms with E-state index in [2.05, 4.69) is 70.7 Å². The zero-order valence-electron chi connectivity index (χ0n) is 24.7. The predicted octanol–water partition coefficient (Wildman–Crippen LogP) is 5.42. The molecule has 2 fully saturated rings. The van der Waals surface area contributed by atoms with Crippen molar-refractivity contribution in [3.05, 3.63) is 54.1 Å². The summed E-state index contributed by atoms with van der Waals surface area (Å²) < 4.78 is 67.0. The number of rotatable bonds is 10. The van der Waals surface area contributed by atoms with E-state index in [4.69, 9.17) is 0 Å². The van der Waals surface area contributed by atoms with E-state index in [0.29, 0.717) is 45.3 Å². The summed E-state index contributed by atoms with van der Waals surface area (Å²) in [7, 11) is -7.56. The lowest BCUT2D eigenvalue weighted by atomic mass is 9.93. The molecule has 232 valence electrons. The average molecular weight is 644 g/mol. The molecule has 0 spiro atoms. The van der Waals surface area contributed by atoms with Gasteiger partial charge in [0.25, 0.3) is 0 Å². The van der Waals surface area contributed by atoms with Gasteiger partial charge in [0.15, 0.2) is 6.04 Å². The topological polar surface area (TPSA) is 103 Å². The molecule has 6 rings (SSSR count). The van der Waals surface area contributed by atoms with Crippen molar-refractivity contribution in [2.24, 2.45) is 0 Å². The number of aryl methyl sites for hydroxylation is 1. The minimum absolute atomic E-state index is 0.159. The smallest absolute Gasteiger partial charge is 0.235 e. The summed E-state index contributed by atoms with van der Waals surface area (Å²) >= 11 is 1.75. The number of fused-ring (bicyclic) bond motifs is 4. The van der Waals surface area contributed by atoms with Gasteiger partial charge in [0, 0.05) is 66.1 Å². The number of piperidine rings is 1. The Morgan fingerprint density at radius 3 is 2.49 bits per heavy atom. The van der Waals surface area contributed by atoms with Crippen molar-refractivity contribution in [2.75, 3.05) is 25.4 Å². The van der Waals surface area contributed by atoms with Gasteiger partial charge in [0.1, 0.15) is 6.54 Å². The van der Waals surface area contributed by atoms with Gasteiger partial charge in [-0.05, 0) is 80.6 Å². The summed E-state index contributed by atoms with van der Waals surface area (Å²) in [4.78, 5) is 0. The summed E-state index contributed by atoms with van der Waals surface area (Å²) in [6.45, 7) is 4.98. The van der Waals surface area contributed by atoms with Crippen molar-refractivity contribution in [2.45, 2.75) is 81.4 Å².